The van der Waals surface area contributed by atoms with Crippen LogP contribution in [0, 0.1) is 12.8 Å². The lowest BCUT2D eigenvalue weighted by atomic mass is 9.95. The maximum atomic E-state index is 12.7. The van der Waals surface area contributed by atoms with Crippen molar-refractivity contribution in [3.8, 4) is 0 Å². The number of benzene rings is 1. The summed E-state index contributed by atoms with van der Waals surface area (Å²) in [5, 5.41) is 14.8. The van der Waals surface area contributed by atoms with Crippen LogP contribution in [0.25, 0.3) is 0 Å². The van der Waals surface area contributed by atoms with Gasteiger partial charge in [-0.15, -0.1) is 0 Å². The molecular weight excluding hydrogens is 388 g/mol. The van der Waals surface area contributed by atoms with E-state index < -0.39 is 11.9 Å². The molecule has 1 aliphatic heterocycles. The average Bonchev–Trinajstić information content (AvgIpc) is 3.13. The summed E-state index contributed by atoms with van der Waals surface area (Å²) in [6.45, 7) is 5.40. The van der Waals surface area contributed by atoms with Gasteiger partial charge in [-0.1, -0.05) is 30.3 Å². The van der Waals surface area contributed by atoms with Crippen molar-refractivity contribution in [2.45, 2.75) is 32.9 Å². The zero-order valence-electron chi connectivity index (χ0n) is 17.3. The Labute approximate surface area is 175 Å². The van der Waals surface area contributed by atoms with Crippen LogP contribution in [0.3, 0.4) is 0 Å². The number of likely N-dealkylation sites (tertiary alicyclic amines) is 1. The fourth-order valence-corrected chi connectivity index (χ4v) is 3.38. The van der Waals surface area contributed by atoms with Crippen molar-refractivity contribution in [1.82, 2.24) is 9.80 Å². The Morgan fingerprint density at radius 3 is 2.13 bits per heavy atom. The van der Waals surface area contributed by atoms with Crippen molar-refractivity contribution in [3.63, 3.8) is 0 Å². The lowest BCUT2D eigenvalue weighted by Crippen LogP contribution is -2.40. The van der Waals surface area contributed by atoms with Gasteiger partial charge in [-0.3, -0.25) is 9.69 Å². The number of rotatable bonds is 5. The molecule has 0 aliphatic carbocycles. The molecule has 2 N–H and O–H groups in total. The molecular formula is C22H28N2O6. The summed E-state index contributed by atoms with van der Waals surface area (Å²) in [4.78, 5) is 35.1. The standard InChI is InChI=1S/C20H26N2O2.C2H2O4/c1-16-8-9-19(24-16)15-22-12-10-18(11-13-22)20(23)21(2)14-17-6-4-3-5-7-17;3-1(4)2(5)6/h3-9,18H,10-15H2,1-2H3;(H,3,4)(H,5,6). The Hall–Kier alpha value is -3.13. The van der Waals surface area contributed by atoms with Crippen LogP contribution in [0.15, 0.2) is 46.9 Å². The van der Waals surface area contributed by atoms with E-state index in [1.165, 1.54) is 5.56 Å². The number of piperidine rings is 1. The minimum atomic E-state index is -1.82. The van der Waals surface area contributed by atoms with Crippen LogP contribution in [-0.4, -0.2) is 58.0 Å². The van der Waals surface area contributed by atoms with Gasteiger partial charge in [-0.05, 0) is 50.6 Å². The van der Waals surface area contributed by atoms with Crippen LogP contribution in [0.4, 0.5) is 0 Å². The van der Waals surface area contributed by atoms with Gasteiger partial charge in [0.2, 0.25) is 5.91 Å². The Morgan fingerprint density at radius 1 is 1.03 bits per heavy atom. The third-order valence-corrected chi connectivity index (χ3v) is 4.93. The number of aryl methyl sites for hydroxylation is 1. The Bertz CT molecular complexity index is 828. The van der Waals surface area contributed by atoms with E-state index in [2.05, 4.69) is 17.0 Å². The second-order valence-corrected chi connectivity index (χ2v) is 7.35. The molecule has 0 radical (unpaired) electrons. The van der Waals surface area contributed by atoms with E-state index in [0.717, 1.165) is 44.0 Å². The molecule has 0 unspecified atom stereocenters. The third kappa shape index (κ3) is 7.36. The molecule has 1 fully saturated rings. The van der Waals surface area contributed by atoms with Gasteiger partial charge in [0.15, 0.2) is 0 Å². The van der Waals surface area contributed by atoms with Crippen LogP contribution in [0.1, 0.15) is 29.9 Å². The monoisotopic (exact) mass is 416 g/mol. The molecule has 0 spiro atoms. The number of hydrogen-bond acceptors (Lipinski definition) is 5. The molecule has 0 bridgehead atoms. The Balaban J connectivity index is 0.000000469. The Morgan fingerprint density at radius 2 is 1.63 bits per heavy atom. The van der Waals surface area contributed by atoms with Gasteiger partial charge in [0, 0.05) is 19.5 Å². The van der Waals surface area contributed by atoms with Gasteiger partial charge >= 0.3 is 11.9 Å². The molecule has 3 rings (SSSR count). The second kappa shape index (κ2) is 11.2. The van der Waals surface area contributed by atoms with Crippen LogP contribution < -0.4 is 0 Å². The van der Waals surface area contributed by atoms with Crippen molar-refractivity contribution in [2.24, 2.45) is 5.92 Å². The predicted molar refractivity (Wildman–Crippen MR) is 110 cm³/mol. The first-order valence-electron chi connectivity index (χ1n) is 9.79. The van der Waals surface area contributed by atoms with Crippen molar-refractivity contribution in [2.75, 3.05) is 20.1 Å². The minimum Gasteiger partial charge on any atom is -0.473 e. The maximum Gasteiger partial charge on any atom is 0.414 e. The highest BCUT2D eigenvalue weighted by Crippen LogP contribution is 2.22. The van der Waals surface area contributed by atoms with Crippen LogP contribution in [0.5, 0.6) is 0 Å². The normalized spacial score (nSPS) is 14.5. The van der Waals surface area contributed by atoms with E-state index in [9.17, 15) is 4.79 Å². The van der Waals surface area contributed by atoms with E-state index in [4.69, 9.17) is 24.2 Å². The first-order valence-corrected chi connectivity index (χ1v) is 9.79. The van der Waals surface area contributed by atoms with Crippen molar-refractivity contribution >= 4 is 17.8 Å². The first-order chi connectivity index (χ1) is 14.3. The number of hydrogen-bond donors (Lipinski definition) is 2. The van der Waals surface area contributed by atoms with E-state index in [0.29, 0.717) is 6.54 Å². The topological polar surface area (TPSA) is 111 Å². The number of carbonyl (C=O) groups is 3. The summed E-state index contributed by atoms with van der Waals surface area (Å²) in [6.07, 6.45) is 1.86. The fraction of sp³-hybridized carbons (Fsp3) is 0.409. The van der Waals surface area contributed by atoms with Gasteiger partial charge in [-0.25, -0.2) is 9.59 Å². The van der Waals surface area contributed by atoms with Crippen molar-refractivity contribution in [3.05, 3.63) is 59.5 Å². The van der Waals surface area contributed by atoms with E-state index >= 15 is 0 Å². The van der Waals surface area contributed by atoms with Crippen LogP contribution in [0.2, 0.25) is 0 Å². The first kappa shape index (κ1) is 23.2. The number of nitrogens with zero attached hydrogens (tertiary/aromatic N) is 2. The smallest absolute Gasteiger partial charge is 0.414 e. The van der Waals surface area contributed by atoms with E-state index in [-0.39, 0.29) is 11.8 Å². The molecule has 2 aromatic rings. The van der Waals surface area contributed by atoms with Crippen LogP contribution in [-0.2, 0) is 27.5 Å². The lowest BCUT2D eigenvalue weighted by Gasteiger charge is -2.32. The second-order valence-electron chi connectivity index (χ2n) is 7.35. The molecule has 0 saturated carbocycles. The quantitative estimate of drug-likeness (QED) is 0.721. The minimum absolute atomic E-state index is 0.147. The summed E-state index contributed by atoms with van der Waals surface area (Å²) >= 11 is 0. The third-order valence-electron chi connectivity index (χ3n) is 4.93. The molecule has 1 aromatic carbocycles. The highest BCUT2D eigenvalue weighted by Gasteiger charge is 2.27. The van der Waals surface area contributed by atoms with Gasteiger partial charge < -0.3 is 19.5 Å². The summed E-state index contributed by atoms with van der Waals surface area (Å²) in [5.41, 5.74) is 1.18. The van der Waals surface area contributed by atoms with E-state index in [1.807, 2.05) is 49.2 Å². The lowest BCUT2D eigenvalue weighted by molar-refractivity contribution is -0.159. The summed E-state index contributed by atoms with van der Waals surface area (Å²) in [6, 6.07) is 14.2. The number of carboxylic acids is 2. The molecule has 2 heterocycles. The fourth-order valence-electron chi connectivity index (χ4n) is 3.38. The molecule has 8 heteroatoms. The van der Waals surface area contributed by atoms with Gasteiger partial charge in [-0.2, -0.15) is 0 Å². The predicted octanol–water partition coefficient (Wildman–Crippen LogP) is 2.61. The SMILES string of the molecule is Cc1ccc(CN2CCC(C(=O)N(C)Cc3ccccc3)CC2)o1.O=C(O)C(=O)O. The number of furan rings is 1. The molecule has 1 amide bonds. The molecule has 0 atom stereocenters. The molecule has 1 saturated heterocycles. The summed E-state index contributed by atoms with van der Waals surface area (Å²) in [5.74, 6) is -1.26. The zero-order valence-corrected chi connectivity index (χ0v) is 17.3. The molecule has 8 nitrogen and oxygen atoms in total. The largest absolute Gasteiger partial charge is 0.473 e. The Kier molecular flexibility index (Phi) is 8.61. The molecule has 1 aliphatic rings. The number of carboxylic acid groups (broad SMARTS) is 2. The number of aliphatic carboxylic acids is 2. The molecule has 1 aromatic heterocycles. The zero-order chi connectivity index (χ0) is 22.1. The number of amides is 1. The van der Waals surface area contributed by atoms with Crippen molar-refractivity contribution in [1.29, 1.82) is 0 Å². The van der Waals surface area contributed by atoms with E-state index in [1.54, 1.807) is 0 Å². The van der Waals surface area contributed by atoms with Crippen LogP contribution >= 0.6 is 0 Å². The van der Waals surface area contributed by atoms with Gasteiger partial charge in [0.1, 0.15) is 11.5 Å². The molecule has 30 heavy (non-hydrogen) atoms. The van der Waals surface area contributed by atoms with Gasteiger partial charge in [0.25, 0.3) is 0 Å². The summed E-state index contributed by atoms with van der Waals surface area (Å²) in [7, 11) is 1.91. The maximum absolute atomic E-state index is 12.7. The highest BCUT2D eigenvalue weighted by atomic mass is 16.4. The highest BCUT2D eigenvalue weighted by molar-refractivity contribution is 6.27. The summed E-state index contributed by atoms with van der Waals surface area (Å²) < 4.78 is 5.65. The average molecular weight is 416 g/mol. The van der Waals surface area contributed by atoms with Gasteiger partial charge in [0.05, 0.1) is 6.54 Å². The molecule has 162 valence electrons. The number of carbonyl (C=O) groups excluding carboxylic acids is 1. The van der Waals surface area contributed by atoms with Crippen molar-refractivity contribution < 1.29 is 29.0 Å².